The SMILES string of the molecule is Cc1ccc(C(CC(=O)O)NC(=O)c2ccc(OC(F)F)cc2)cc1. The zero-order chi connectivity index (χ0) is 18.4. The number of aryl methyl sites for hydroxylation is 1. The molecule has 0 aromatic heterocycles. The molecule has 0 saturated carbocycles. The summed E-state index contributed by atoms with van der Waals surface area (Å²) < 4.78 is 28.5. The average Bonchev–Trinajstić information content (AvgIpc) is 2.54. The highest BCUT2D eigenvalue weighted by molar-refractivity contribution is 5.94. The Morgan fingerprint density at radius 3 is 2.20 bits per heavy atom. The highest BCUT2D eigenvalue weighted by Crippen LogP contribution is 2.20. The molecule has 0 heterocycles. The third-order valence-electron chi connectivity index (χ3n) is 3.51. The predicted molar refractivity (Wildman–Crippen MR) is 86.7 cm³/mol. The molecule has 1 atom stereocenters. The largest absolute Gasteiger partial charge is 0.481 e. The second-order valence-corrected chi connectivity index (χ2v) is 5.44. The Morgan fingerprint density at radius 1 is 1.08 bits per heavy atom. The van der Waals surface area contributed by atoms with Crippen molar-refractivity contribution in [1.29, 1.82) is 0 Å². The number of ether oxygens (including phenoxy) is 1. The molecule has 0 spiro atoms. The highest BCUT2D eigenvalue weighted by Gasteiger charge is 2.19. The molecular formula is C18H17F2NO4. The average molecular weight is 349 g/mol. The first-order valence-electron chi connectivity index (χ1n) is 7.49. The maximum absolute atomic E-state index is 12.3. The topological polar surface area (TPSA) is 75.6 Å². The molecule has 132 valence electrons. The van der Waals surface area contributed by atoms with Crippen LogP contribution in [0.15, 0.2) is 48.5 Å². The molecule has 2 rings (SSSR count). The third-order valence-corrected chi connectivity index (χ3v) is 3.51. The molecular weight excluding hydrogens is 332 g/mol. The summed E-state index contributed by atoms with van der Waals surface area (Å²) >= 11 is 0. The van der Waals surface area contributed by atoms with Crippen LogP contribution in [0.2, 0.25) is 0 Å². The van der Waals surface area contributed by atoms with Gasteiger partial charge in [0.1, 0.15) is 5.75 Å². The maximum atomic E-state index is 12.3. The van der Waals surface area contributed by atoms with Gasteiger partial charge in [-0.3, -0.25) is 9.59 Å². The summed E-state index contributed by atoms with van der Waals surface area (Å²) in [5, 5.41) is 11.7. The number of halogens is 2. The lowest BCUT2D eigenvalue weighted by Crippen LogP contribution is -2.30. The fraction of sp³-hybridized carbons (Fsp3) is 0.222. The van der Waals surface area contributed by atoms with Gasteiger partial charge < -0.3 is 15.2 Å². The van der Waals surface area contributed by atoms with Gasteiger partial charge in [0.15, 0.2) is 0 Å². The number of amides is 1. The Bertz CT molecular complexity index is 730. The van der Waals surface area contributed by atoms with Crippen molar-refractivity contribution in [3.63, 3.8) is 0 Å². The summed E-state index contributed by atoms with van der Waals surface area (Å²) in [7, 11) is 0. The highest BCUT2D eigenvalue weighted by atomic mass is 19.3. The minimum atomic E-state index is -2.94. The monoisotopic (exact) mass is 349 g/mol. The molecule has 0 fully saturated rings. The van der Waals surface area contributed by atoms with Crippen molar-refractivity contribution in [1.82, 2.24) is 5.32 Å². The number of hydrogen-bond donors (Lipinski definition) is 2. The Balaban J connectivity index is 2.13. The van der Waals surface area contributed by atoms with Crippen LogP contribution in [0.1, 0.15) is 33.9 Å². The molecule has 7 heteroatoms. The van der Waals surface area contributed by atoms with E-state index in [1.807, 2.05) is 19.1 Å². The smallest absolute Gasteiger partial charge is 0.387 e. The van der Waals surface area contributed by atoms with Crippen molar-refractivity contribution < 1.29 is 28.2 Å². The van der Waals surface area contributed by atoms with Crippen LogP contribution in [0, 0.1) is 6.92 Å². The minimum absolute atomic E-state index is 0.0628. The number of carbonyl (C=O) groups excluding carboxylic acids is 1. The molecule has 1 unspecified atom stereocenters. The van der Waals surface area contributed by atoms with E-state index >= 15 is 0 Å². The Morgan fingerprint density at radius 2 is 1.68 bits per heavy atom. The normalized spacial score (nSPS) is 11.8. The molecule has 2 aromatic carbocycles. The fourth-order valence-electron chi connectivity index (χ4n) is 2.25. The van der Waals surface area contributed by atoms with Gasteiger partial charge in [0.2, 0.25) is 0 Å². The molecule has 2 N–H and O–H groups in total. The van der Waals surface area contributed by atoms with Crippen LogP contribution in [0.3, 0.4) is 0 Å². The van der Waals surface area contributed by atoms with Crippen LogP contribution in [0.4, 0.5) is 8.78 Å². The van der Waals surface area contributed by atoms with E-state index in [2.05, 4.69) is 10.1 Å². The number of hydrogen-bond acceptors (Lipinski definition) is 3. The predicted octanol–water partition coefficient (Wildman–Crippen LogP) is 3.54. The summed E-state index contributed by atoms with van der Waals surface area (Å²) in [5.74, 6) is -1.62. The van der Waals surface area contributed by atoms with Gasteiger partial charge in [-0.05, 0) is 36.8 Å². The van der Waals surface area contributed by atoms with E-state index in [1.165, 1.54) is 24.3 Å². The van der Waals surface area contributed by atoms with Crippen LogP contribution in [-0.4, -0.2) is 23.6 Å². The van der Waals surface area contributed by atoms with Gasteiger partial charge in [-0.1, -0.05) is 29.8 Å². The summed E-state index contributed by atoms with van der Waals surface area (Å²) in [5.41, 5.74) is 1.89. The van der Waals surface area contributed by atoms with E-state index in [0.29, 0.717) is 5.56 Å². The Hall–Kier alpha value is -2.96. The van der Waals surface area contributed by atoms with Crippen molar-refractivity contribution in [2.45, 2.75) is 26.0 Å². The summed E-state index contributed by atoms with van der Waals surface area (Å²) in [6.45, 7) is -1.04. The Labute approximate surface area is 143 Å². The number of nitrogens with one attached hydrogen (secondary N) is 1. The molecule has 0 bridgehead atoms. The van der Waals surface area contributed by atoms with Gasteiger partial charge >= 0.3 is 12.6 Å². The van der Waals surface area contributed by atoms with E-state index in [1.54, 1.807) is 12.1 Å². The molecule has 25 heavy (non-hydrogen) atoms. The van der Waals surface area contributed by atoms with Gasteiger partial charge in [-0.15, -0.1) is 0 Å². The van der Waals surface area contributed by atoms with Crippen LogP contribution >= 0.6 is 0 Å². The van der Waals surface area contributed by atoms with Crippen molar-refractivity contribution in [2.24, 2.45) is 0 Å². The summed E-state index contributed by atoms with van der Waals surface area (Å²) in [6, 6.07) is 11.6. The quantitative estimate of drug-likeness (QED) is 0.802. The number of carbonyl (C=O) groups is 2. The number of carboxylic acid groups (broad SMARTS) is 1. The van der Waals surface area contributed by atoms with Crippen LogP contribution < -0.4 is 10.1 Å². The van der Waals surface area contributed by atoms with Crippen LogP contribution in [0.25, 0.3) is 0 Å². The number of carboxylic acids is 1. The zero-order valence-electron chi connectivity index (χ0n) is 13.4. The van der Waals surface area contributed by atoms with Crippen molar-refractivity contribution in [3.8, 4) is 5.75 Å². The molecule has 0 aliphatic rings. The lowest BCUT2D eigenvalue weighted by Gasteiger charge is -2.18. The zero-order valence-corrected chi connectivity index (χ0v) is 13.4. The molecule has 0 saturated heterocycles. The van der Waals surface area contributed by atoms with Crippen LogP contribution in [0.5, 0.6) is 5.75 Å². The first kappa shape index (κ1) is 18.4. The van der Waals surface area contributed by atoms with Gasteiger partial charge in [0, 0.05) is 5.56 Å². The summed E-state index contributed by atoms with van der Waals surface area (Å²) in [4.78, 5) is 23.4. The van der Waals surface area contributed by atoms with Crippen molar-refractivity contribution in [2.75, 3.05) is 0 Å². The fourth-order valence-corrected chi connectivity index (χ4v) is 2.25. The molecule has 2 aromatic rings. The third kappa shape index (κ3) is 5.56. The first-order valence-corrected chi connectivity index (χ1v) is 7.49. The van der Waals surface area contributed by atoms with Gasteiger partial charge in [-0.2, -0.15) is 8.78 Å². The van der Waals surface area contributed by atoms with E-state index in [0.717, 1.165) is 5.56 Å². The minimum Gasteiger partial charge on any atom is -0.481 e. The lowest BCUT2D eigenvalue weighted by molar-refractivity contribution is -0.137. The summed E-state index contributed by atoms with van der Waals surface area (Å²) in [6.07, 6.45) is -0.276. The second kappa shape index (κ2) is 8.23. The molecule has 0 aliphatic heterocycles. The Kier molecular flexibility index (Phi) is 6.05. The molecule has 1 amide bonds. The van der Waals surface area contributed by atoms with Gasteiger partial charge in [0.25, 0.3) is 5.91 Å². The van der Waals surface area contributed by atoms with E-state index < -0.39 is 24.5 Å². The maximum Gasteiger partial charge on any atom is 0.387 e. The number of benzene rings is 2. The van der Waals surface area contributed by atoms with E-state index in [4.69, 9.17) is 5.11 Å². The van der Waals surface area contributed by atoms with Gasteiger partial charge in [0.05, 0.1) is 12.5 Å². The molecule has 0 radical (unpaired) electrons. The lowest BCUT2D eigenvalue weighted by atomic mass is 10.0. The number of rotatable bonds is 7. The van der Waals surface area contributed by atoms with Gasteiger partial charge in [-0.25, -0.2) is 0 Å². The van der Waals surface area contributed by atoms with Crippen molar-refractivity contribution >= 4 is 11.9 Å². The first-order chi connectivity index (χ1) is 11.8. The second-order valence-electron chi connectivity index (χ2n) is 5.44. The number of aliphatic carboxylic acids is 1. The standard InChI is InChI=1S/C18H17F2NO4/c1-11-2-4-12(5-3-11)15(10-16(22)23)21-17(24)13-6-8-14(9-7-13)25-18(19)20/h2-9,15,18H,10H2,1H3,(H,21,24)(H,22,23). The molecule has 5 nitrogen and oxygen atoms in total. The van der Waals surface area contributed by atoms with Crippen LogP contribution in [-0.2, 0) is 4.79 Å². The van der Waals surface area contributed by atoms with E-state index in [9.17, 15) is 18.4 Å². The number of alkyl halides is 2. The van der Waals surface area contributed by atoms with Crippen molar-refractivity contribution in [3.05, 3.63) is 65.2 Å². The molecule has 0 aliphatic carbocycles. The van der Waals surface area contributed by atoms with E-state index in [-0.39, 0.29) is 17.7 Å².